The maximum Gasteiger partial charge on any atom is 0.0161 e. The van der Waals surface area contributed by atoms with Crippen molar-refractivity contribution in [3.8, 4) is 0 Å². The summed E-state index contributed by atoms with van der Waals surface area (Å²) in [5.41, 5.74) is 5.55. The lowest BCUT2D eigenvalue weighted by Crippen LogP contribution is -2.23. The van der Waals surface area contributed by atoms with Crippen LogP contribution in [0, 0.1) is 5.92 Å². The lowest BCUT2D eigenvalue weighted by atomic mass is 10.1. The zero-order valence-electron chi connectivity index (χ0n) is 6.47. The summed E-state index contributed by atoms with van der Waals surface area (Å²) in [5.74, 6) is 1.97. The first-order valence-electron chi connectivity index (χ1n) is 3.79. The van der Waals surface area contributed by atoms with Crippen LogP contribution in [0.2, 0.25) is 0 Å². The van der Waals surface area contributed by atoms with E-state index in [1.54, 1.807) is 0 Å². The van der Waals surface area contributed by atoms with Gasteiger partial charge in [0.2, 0.25) is 0 Å². The third-order valence-corrected chi connectivity index (χ3v) is 2.75. The van der Waals surface area contributed by atoms with E-state index in [9.17, 15) is 0 Å². The number of thioether (sulfide) groups is 1. The molecule has 1 rings (SSSR count). The molecule has 1 aliphatic heterocycles. The Labute approximate surface area is 66.9 Å². The highest BCUT2D eigenvalue weighted by Crippen LogP contribution is 2.14. The fourth-order valence-electron chi connectivity index (χ4n) is 1.41. The lowest BCUT2D eigenvalue weighted by Gasteiger charge is -2.06. The van der Waals surface area contributed by atoms with Gasteiger partial charge in [-0.2, -0.15) is 11.8 Å². The van der Waals surface area contributed by atoms with Gasteiger partial charge in [-0.3, -0.25) is 0 Å². The molecule has 1 saturated heterocycles. The van der Waals surface area contributed by atoms with Gasteiger partial charge < -0.3 is 11.1 Å². The zero-order chi connectivity index (χ0) is 7.40. The highest BCUT2D eigenvalue weighted by atomic mass is 32.2. The van der Waals surface area contributed by atoms with Gasteiger partial charge in [-0.1, -0.05) is 0 Å². The van der Waals surface area contributed by atoms with Crippen molar-refractivity contribution < 1.29 is 0 Å². The minimum Gasteiger partial charge on any atom is -0.330 e. The van der Waals surface area contributed by atoms with Crippen molar-refractivity contribution >= 4 is 11.8 Å². The maximum absolute atomic E-state index is 5.55. The minimum atomic E-state index is 0.726. The first-order chi connectivity index (χ1) is 4.86. The van der Waals surface area contributed by atoms with E-state index in [1.165, 1.54) is 12.2 Å². The van der Waals surface area contributed by atoms with Crippen LogP contribution in [0.4, 0.5) is 0 Å². The normalized spacial score (nSPS) is 33.0. The number of hydrogen-bond acceptors (Lipinski definition) is 3. The molecule has 10 heavy (non-hydrogen) atoms. The molecule has 0 amide bonds. The van der Waals surface area contributed by atoms with Gasteiger partial charge in [0, 0.05) is 11.8 Å². The molecule has 0 radical (unpaired) electrons. The standard InChI is InChI=1S/C7H16N2S/c1-10-5-7-2-6(3-8)4-9-7/h6-7,9H,2-5,8H2,1H3/t6-,7-/m0/s1. The third-order valence-electron chi connectivity index (χ3n) is 2.01. The van der Waals surface area contributed by atoms with Crippen molar-refractivity contribution in [2.75, 3.05) is 25.1 Å². The summed E-state index contributed by atoms with van der Waals surface area (Å²) in [5, 5.41) is 3.46. The van der Waals surface area contributed by atoms with E-state index in [0.717, 1.165) is 25.0 Å². The van der Waals surface area contributed by atoms with Gasteiger partial charge in [-0.25, -0.2) is 0 Å². The van der Waals surface area contributed by atoms with Crippen molar-refractivity contribution in [3.63, 3.8) is 0 Å². The van der Waals surface area contributed by atoms with E-state index in [-0.39, 0.29) is 0 Å². The van der Waals surface area contributed by atoms with Crippen LogP contribution >= 0.6 is 11.8 Å². The Bertz CT molecular complexity index is 97.6. The molecule has 0 aromatic heterocycles. The molecule has 0 aromatic rings. The molecular weight excluding hydrogens is 144 g/mol. The van der Waals surface area contributed by atoms with E-state index in [0.29, 0.717) is 0 Å². The highest BCUT2D eigenvalue weighted by Gasteiger charge is 2.21. The van der Waals surface area contributed by atoms with Crippen LogP contribution < -0.4 is 11.1 Å². The second-order valence-corrected chi connectivity index (χ2v) is 3.81. The Morgan fingerprint density at radius 1 is 1.70 bits per heavy atom. The molecule has 1 aliphatic rings. The van der Waals surface area contributed by atoms with Crippen molar-refractivity contribution in [2.45, 2.75) is 12.5 Å². The minimum absolute atomic E-state index is 0.726. The van der Waals surface area contributed by atoms with Crippen LogP contribution in [0.5, 0.6) is 0 Å². The van der Waals surface area contributed by atoms with Crippen LogP contribution in [0.3, 0.4) is 0 Å². The fourth-order valence-corrected chi connectivity index (χ4v) is 2.07. The van der Waals surface area contributed by atoms with Gasteiger partial charge in [-0.05, 0) is 31.7 Å². The predicted octanol–water partition coefficient (Wildman–Crippen LogP) is 0.286. The van der Waals surface area contributed by atoms with Gasteiger partial charge in [0.25, 0.3) is 0 Å². The van der Waals surface area contributed by atoms with Crippen LogP contribution in [0.15, 0.2) is 0 Å². The molecule has 0 aliphatic carbocycles. The second kappa shape index (κ2) is 4.21. The molecule has 1 fully saturated rings. The van der Waals surface area contributed by atoms with Crippen LogP contribution in [0.25, 0.3) is 0 Å². The van der Waals surface area contributed by atoms with E-state index in [4.69, 9.17) is 5.73 Å². The molecule has 0 bridgehead atoms. The topological polar surface area (TPSA) is 38.0 Å². The highest BCUT2D eigenvalue weighted by molar-refractivity contribution is 7.98. The fraction of sp³-hybridized carbons (Fsp3) is 1.00. The van der Waals surface area contributed by atoms with E-state index in [1.807, 2.05) is 11.8 Å². The van der Waals surface area contributed by atoms with Gasteiger partial charge in [0.1, 0.15) is 0 Å². The maximum atomic E-state index is 5.55. The van der Waals surface area contributed by atoms with Crippen molar-refractivity contribution in [1.29, 1.82) is 0 Å². The molecule has 1 heterocycles. The zero-order valence-corrected chi connectivity index (χ0v) is 7.29. The number of nitrogens with two attached hydrogens (primary N) is 1. The average molecular weight is 160 g/mol. The molecule has 2 nitrogen and oxygen atoms in total. The molecule has 0 spiro atoms. The summed E-state index contributed by atoms with van der Waals surface area (Å²) in [6.45, 7) is 1.97. The Morgan fingerprint density at radius 2 is 2.50 bits per heavy atom. The Morgan fingerprint density at radius 3 is 3.00 bits per heavy atom. The summed E-state index contributed by atoms with van der Waals surface area (Å²) >= 11 is 1.91. The van der Waals surface area contributed by atoms with E-state index in [2.05, 4.69) is 11.6 Å². The van der Waals surface area contributed by atoms with E-state index < -0.39 is 0 Å². The predicted molar refractivity (Wildman–Crippen MR) is 47.3 cm³/mol. The molecule has 2 atom stereocenters. The smallest absolute Gasteiger partial charge is 0.0161 e. The molecule has 0 unspecified atom stereocenters. The average Bonchev–Trinajstić information content (AvgIpc) is 2.37. The summed E-state index contributed by atoms with van der Waals surface area (Å²) in [6, 6.07) is 0.726. The van der Waals surface area contributed by atoms with Gasteiger partial charge >= 0.3 is 0 Å². The second-order valence-electron chi connectivity index (χ2n) is 2.90. The Kier molecular flexibility index (Phi) is 3.52. The van der Waals surface area contributed by atoms with Crippen molar-refractivity contribution in [1.82, 2.24) is 5.32 Å². The summed E-state index contributed by atoms with van der Waals surface area (Å²) < 4.78 is 0. The molecule has 0 saturated carbocycles. The summed E-state index contributed by atoms with van der Waals surface area (Å²) in [6.07, 6.45) is 3.43. The summed E-state index contributed by atoms with van der Waals surface area (Å²) in [4.78, 5) is 0. The third kappa shape index (κ3) is 2.15. The van der Waals surface area contributed by atoms with Crippen LogP contribution in [-0.2, 0) is 0 Å². The molecule has 3 heteroatoms. The SMILES string of the molecule is CSC[C@@H]1C[C@@H](CN)CN1. The largest absolute Gasteiger partial charge is 0.330 e. The molecule has 60 valence electrons. The van der Waals surface area contributed by atoms with Gasteiger partial charge in [0.05, 0.1) is 0 Å². The van der Waals surface area contributed by atoms with Gasteiger partial charge in [-0.15, -0.1) is 0 Å². The molecule has 3 N–H and O–H groups in total. The van der Waals surface area contributed by atoms with Crippen LogP contribution in [0.1, 0.15) is 6.42 Å². The molecule has 0 aromatic carbocycles. The van der Waals surface area contributed by atoms with Crippen molar-refractivity contribution in [2.24, 2.45) is 11.7 Å². The first-order valence-corrected chi connectivity index (χ1v) is 5.18. The van der Waals surface area contributed by atoms with Gasteiger partial charge in [0.15, 0.2) is 0 Å². The first kappa shape index (κ1) is 8.37. The molecular formula is C7H16N2S. The number of hydrogen-bond donors (Lipinski definition) is 2. The monoisotopic (exact) mass is 160 g/mol. The quantitative estimate of drug-likeness (QED) is 0.623. The van der Waals surface area contributed by atoms with Crippen molar-refractivity contribution in [3.05, 3.63) is 0 Å². The Balaban J connectivity index is 2.15. The van der Waals surface area contributed by atoms with E-state index >= 15 is 0 Å². The number of rotatable bonds is 3. The Hall–Kier alpha value is 0.270. The van der Waals surface area contributed by atoms with Crippen LogP contribution in [-0.4, -0.2) is 31.1 Å². The summed E-state index contributed by atoms with van der Waals surface area (Å²) in [7, 11) is 0. The number of nitrogens with one attached hydrogen (secondary N) is 1. The lowest BCUT2D eigenvalue weighted by molar-refractivity contribution is 0.581.